The molecule has 0 fully saturated rings. The lowest BCUT2D eigenvalue weighted by molar-refractivity contribution is -0.116. The van der Waals surface area contributed by atoms with E-state index in [1.807, 2.05) is 26.0 Å². The van der Waals surface area contributed by atoms with Crippen molar-refractivity contribution in [3.05, 3.63) is 47.5 Å². The van der Waals surface area contributed by atoms with Gasteiger partial charge in [-0.2, -0.15) is 0 Å². The summed E-state index contributed by atoms with van der Waals surface area (Å²) in [4.78, 5) is 12.4. The molecule has 2 aromatic heterocycles. The Morgan fingerprint density at radius 2 is 2.08 bits per heavy atom. The van der Waals surface area contributed by atoms with E-state index < -0.39 is 0 Å². The molecule has 0 saturated carbocycles. The maximum atomic E-state index is 12.4. The van der Waals surface area contributed by atoms with Crippen molar-refractivity contribution in [3.8, 4) is 0 Å². The van der Waals surface area contributed by atoms with Gasteiger partial charge in [0.1, 0.15) is 5.76 Å². The molecule has 0 bridgehead atoms. The van der Waals surface area contributed by atoms with Gasteiger partial charge in [-0.3, -0.25) is 4.79 Å². The molecule has 2 heterocycles. The molecular formula is C20H25N3O2. The van der Waals surface area contributed by atoms with E-state index in [-0.39, 0.29) is 5.91 Å². The summed E-state index contributed by atoms with van der Waals surface area (Å²) in [6.45, 7) is 9.15. The fourth-order valence-electron chi connectivity index (χ4n) is 3.20. The van der Waals surface area contributed by atoms with Crippen molar-refractivity contribution in [2.24, 2.45) is 5.92 Å². The van der Waals surface area contributed by atoms with Gasteiger partial charge >= 0.3 is 0 Å². The number of amides is 1. The number of carbonyl (C=O) groups is 1. The molecule has 5 nitrogen and oxygen atoms in total. The number of nitrogens with one attached hydrogen (secondary N) is 1. The molecule has 3 rings (SSSR count). The van der Waals surface area contributed by atoms with Crippen LogP contribution in [0.4, 0.5) is 5.69 Å². The number of rotatable bonds is 6. The van der Waals surface area contributed by atoms with E-state index in [0.717, 1.165) is 40.2 Å². The van der Waals surface area contributed by atoms with Crippen LogP contribution < -0.4 is 5.32 Å². The van der Waals surface area contributed by atoms with E-state index in [4.69, 9.17) is 4.52 Å². The summed E-state index contributed by atoms with van der Waals surface area (Å²) >= 11 is 0. The lowest BCUT2D eigenvalue weighted by Crippen LogP contribution is -2.13. The van der Waals surface area contributed by atoms with Crippen molar-refractivity contribution < 1.29 is 9.32 Å². The van der Waals surface area contributed by atoms with E-state index in [9.17, 15) is 4.79 Å². The van der Waals surface area contributed by atoms with Crippen LogP contribution in [0.3, 0.4) is 0 Å². The summed E-state index contributed by atoms with van der Waals surface area (Å²) in [7, 11) is 0. The Morgan fingerprint density at radius 1 is 1.28 bits per heavy atom. The number of benzene rings is 1. The largest absolute Gasteiger partial charge is 0.361 e. The van der Waals surface area contributed by atoms with Crippen LogP contribution in [0.15, 0.2) is 35.0 Å². The molecule has 0 aliphatic carbocycles. The Labute approximate surface area is 148 Å². The molecule has 25 heavy (non-hydrogen) atoms. The molecule has 1 amide bonds. The quantitative estimate of drug-likeness (QED) is 0.720. The molecule has 1 aromatic carbocycles. The van der Waals surface area contributed by atoms with Gasteiger partial charge in [0.05, 0.1) is 16.9 Å². The average Bonchev–Trinajstić information content (AvgIpc) is 3.10. The smallest absolute Gasteiger partial charge is 0.224 e. The van der Waals surface area contributed by atoms with Crippen LogP contribution in [0.5, 0.6) is 0 Å². The number of nitrogens with zero attached hydrogens (tertiary/aromatic N) is 2. The van der Waals surface area contributed by atoms with E-state index in [2.05, 4.69) is 47.2 Å². The maximum absolute atomic E-state index is 12.4. The molecular weight excluding hydrogens is 314 g/mol. The lowest BCUT2D eigenvalue weighted by Gasteiger charge is -2.10. The van der Waals surface area contributed by atoms with Crippen LogP contribution in [0.25, 0.3) is 10.9 Å². The summed E-state index contributed by atoms with van der Waals surface area (Å²) in [5, 5.41) is 8.06. The molecule has 3 aromatic rings. The number of aryl methyl sites for hydroxylation is 2. The van der Waals surface area contributed by atoms with Gasteiger partial charge < -0.3 is 14.4 Å². The molecule has 132 valence electrons. The van der Waals surface area contributed by atoms with Crippen LogP contribution in [0.1, 0.15) is 37.3 Å². The van der Waals surface area contributed by atoms with Gasteiger partial charge in [0.15, 0.2) is 0 Å². The first kappa shape index (κ1) is 17.3. The molecule has 0 aliphatic heterocycles. The Balaban J connectivity index is 1.72. The van der Waals surface area contributed by atoms with Crippen LogP contribution in [0.2, 0.25) is 0 Å². The van der Waals surface area contributed by atoms with E-state index in [1.165, 1.54) is 0 Å². The highest BCUT2D eigenvalue weighted by atomic mass is 16.5. The molecule has 0 atom stereocenters. The van der Waals surface area contributed by atoms with Crippen LogP contribution in [-0.2, 0) is 17.8 Å². The van der Waals surface area contributed by atoms with Crippen molar-refractivity contribution in [2.45, 2.75) is 47.1 Å². The third kappa shape index (κ3) is 3.76. The topological polar surface area (TPSA) is 60.1 Å². The number of anilines is 1. The number of carbonyl (C=O) groups excluding carboxylic acids is 1. The van der Waals surface area contributed by atoms with E-state index in [0.29, 0.717) is 18.8 Å². The standard InChI is InChI=1S/C20H25N3O2/c1-13(2)12-23-11-10-17-18(6-5-7-19(17)23)21-20(24)9-8-16-14(3)22-25-15(16)4/h5-7,10-11,13H,8-9,12H2,1-4H3,(H,21,24). The number of hydrogen-bond donors (Lipinski definition) is 1. The Morgan fingerprint density at radius 3 is 2.76 bits per heavy atom. The third-order valence-electron chi connectivity index (χ3n) is 4.43. The molecule has 0 saturated heterocycles. The second-order valence-electron chi connectivity index (χ2n) is 6.95. The second kappa shape index (κ2) is 7.13. The Hall–Kier alpha value is -2.56. The normalized spacial score (nSPS) is 11.4. The average molecular weight is 339 g/mol. The zero-order chi connectivity index (χ0) is 18.0. The minimum atomic E-state index is 0.00381. The number of aromatic nitrogens is 2. The van der Waals surface area contributed by atoms with Gasteiger partial charge in [0, 0.05) is 30.1 Å². The first-order valence-corrected chi connectivity index (χ1v) is 8.75. The lowest BCUT2D eigenvalue weighted by atomic mass is 10.1. The second-order valence-corrected chi connectivity index (χ2v) is 6.95. The minimum absolute atomic E-state index is 0.00381. The molecule has 0 radical (unpaired) electrons. The van der Waals surface area contributed by atoms with Crippen molar-refractivity contribution in [3.63, 3.8) is 0 Å². The first-order chi connectivity index (χ1) is 12.0. The molecule has 0 aliphatic rings. The van der Waals surface area contributed by atoms with Crippen molar-refractivity contribution in [1.82, 2.24) is 9.72 Å². The SMILES string of the molecule is Cc1noc(C)c1CCC(=O)Nc1cccc2c1ccn2CC(C)C. The summed E-state index contributed by atoms with van der Waals surface area (Å²) in [5.74, 6) is 1.37. The molecule has 0 spiro atoms. The van der Waals surface area contributed by atoms with Crippen molar-refractivity contribution in [1.29, 1.82) is 0 Å². The predicted octanol–water partition coefficient (Wildman–Crippen LogP) is 4.47. The minimum Gasteiger partial charge on any atom is -0.361 e. The van der Waals surface area contributed by atoms with Crippen molar-refractivity contribution in [2.75, 3.05) is 5.32 Å². The van der Waals surface area contributed by atoms with Crippen LogP contribution in [0, 0.1) is 19.8 Å². The zero-order valence-electron chi connectivity index (χ0n) is 15.3. The highest BCUT2D eigenvalue weighted by Gasteiger charge is 2.13. The van der Waals surface area contributed by atoms with Gasteiger partial charge in [-0.1, -0.05) is 25.1 Å². The summed E-state index contributed by atoms with van der Waals surface area (Å²) in [6.07, 6.45) is 3.13. The summed E-state index contributed by atoms with van der Waals surface area (Å²) in [5.41, 5.74) is 3.90. The van der Waals surface area contributed by atoms with Gasteiger partial charge in [0.2, 0.25) is 5.91 Å². The molecule has 5 heteroatoms. The Bertz CT molecular complexity index is 870. The monoisotopic (exact) mass is 339 g/mol. The zero-order valence-corrected chi connectivity index (χ0v) is 15.3. The van der Waals surface area contributed by atoms with Crippen molar-refractivity contribution >= 4 is 22.5 Å². The highest BCUT2D eigenvalue weighted by molar-refractivity contribution is 6.01. The van der Waals surface area contributed by atoms with Gasteiger partial charge in [-0.15, -0.1) is 0 Å². The molecule has 0 unspecified atom stereocenters. The predicted molar refractivity (Wildman–Crippen MR) is 99.7 cm³/mol. The number of fused-ring (bicyclic) bond motifs is 1. The van der Waals surface area contributed by atoms with Gasteiger partial charge in [0.25, 0.3) is 0 Å². The van der Waals surface area contributed by atoms with E-state index in [1.54, 1.807) is 0 Å². The highest BCUT2D eigenvalue weighted by Crippen LogP contribution is 2.25. The van der Waals surface area contributed by atoms with Gasteiger partial charge in [-0.05, 0) is 44.4 Å². The first-order valence-electron chi connectivity index (χ1n) is 8.75. The summed E-state index contributed by atoms with van der Waals surface area (Å²) < 4.78 is 7.39. The molecule has 1 N–H and O–H groups in total. The number of hydrogen-bond acceptors (Lipinski definition) is 3. The maximum Gasteiger partial charge on any atom is 0.224 e. The van der Waals surface area contributed by atoms with Crippen LogP contribution >= 0.6 is 0 Å². The van der Waals surface area contributed by atoms with E-state index >= 15 is 0 Å². The fourth-order valence-corrected chi connectivity index (χ4v) is 3.20. The van der Waals surface area contributed by atoms with Gasteiger partial charge in [-0.25, -0.2) is 0 Å². The third-order valence-corrected chi connectivity index (χ3v) is 4.43. The summed E-state index contributed by atoms with van der Waals surface area (Å²) in [6, 6.07) is 8.11. The Kier molecular flexibility index (Phi) is 4.93. The fraction of sp³-hybridized carbons (Fsp3) is 0.400. The van der Waals surface area contributed by atoms with Crippen LogP contribution in [-0.4, -0.2) is 15.6 Å².